The highest BCUT2D eigenvalue weighted by Gasteiger charge is 2.29. The number of nitriles is 2. The van der Waals surface area contributed by atoms with E-state index in [1.165, 1.54) is 0 Å². The summed E-state index contributed by atoms with van der Waals surface area (Å²) >= 11 is 0. The molecule has 1 aliphatic rings. The highest BCUT2D eigenvalue weighted by atomic mass is 15.0. The Labute approximate surface area is 163 Å². The van der Waals surface area contributed by atoms with Crippen molar-refractivity contribution in [3.63, 3.8) is 0 Å². The summed E-state index contributed by atoms with van der Waals surface area (Å²) in [6.45, 7) is 3.76. The average Bonchev–Trinajstić information content (AvgIpc) is 3.26. The third kappa shape index (κ3) is 2.50. The molecule has 0 atom stereocenters. The lowest BCUT2D eigenvalue weighted by Gasteiger charge is -2.12. The molecule has 5 nitrogen and oxygen atoms in total. The van der Waals surface area contributed by atoms with E-state index in [0.29, 0.717) is 16.8 Å². The van der Waals surface area contributed by atoms with E-state index < -0.39 is 0 Å². The standard InChI is InChI=1S/C23H17N5/c1-14-18(11-17-9-6-10-28(17)16-7-4-3-5-8-16)21-15(2)20(13-25)23(26)27-22(21)19(14)12-24/h3-11H,1-2H3,(H2,26,27)/b18-11-. The van der Waals surface area contributed by atoms with Crippen LogP contribution >= 0.6 is 0 Å². The van der Waals surface area contributed by atoms with Crippen molar-refractivity contribution >= 4 is 23.0 Å². The summed E-state index contributed by atoms with van der Waals surface area (Å²) in [4.78, 5) is 4.38. The van der Waals surface area contributed by atoms with Crippen LogP contribution in [0.2, 0.25) is 0 Å². The van der Waals surface area contributed by atoms with Crippen LogP contribution < -0.4 is 5.73 Å². The third-order valence-electron chi connectivity index (χ3n) is 5.09. The fraction of sp³-hybridized carbons (Fsp3) is 0.0870. The van der Waals surface area contributed by atoms with Crippen LogP contribution in [0, 0.1) is 29.6 Å². The molecule has 0 bridgehead atoms. The molecule has 0 aliphatic heterocycles. The first kappa shape index (κ1) is 17.3. The van der Waals surface area contributed by atoms with Gasteiger partial charge in [0.25, 0.3) is 0 Å². The van der Waals surface area contributed by atoms with Crippen LogP contribution in [0.1, 0.15) is 35.0 Å². The van der Waals surface area contributed by atoms with Crippen LogP contribution in [0.5, 0.6) is 0 Å². The Morgan fingerprint density at radius 2 is 1.79 bits per heavy atom. The summed E-state index contributed by atoms with van der Waals surface area (Å²) < 4.78 is 2.08. The molecule has 0 fully saturated rings. The lowest BCUT2D eigenvalue weighted by Crippen LogP contribution is -2.04. The number of aromatic nitrogens is 2. The SMILES string of the molecule is CC1=C(C#N)c2nc(N)c(C#N)c(C)c2/C1=C\c1cccn1-c1ccccc1. The molecule has 1 aliphatic carbocycles. The summed E-state index contributed by atoms with van der Waals surface area (Å²) in [5, 5.41) is 19.2. The van der Waals surface area contributed by atoms with Crippen molar-refractivity contribution in [2.45, 2.75) is 13.8 Å². The minimum Gasteiger partial charge on any atom is -0.383 e. The second-order valence-corrected chi connectivity index (χ2v) is 6.64. The molecule has 0 spiro atoms. The average molecular weight is 363 g/mol. The number of hydrogen-bond donors (Lipinski definition) is 1. The molecule has 0 radical (unpaired) electrons. The molecule has 28 heavy (non-hydrogen) atoms. The maximum absolute atomic E-state index is 9.68. The molecule has 2 heterocycles. The quantitative estimate of drug-likeness (QED) is 0.726. The van der Waals surface area contributed by atoms with Gasteiger partial charge in [-0.1, -0.05) is 18.2 Å². The number of nitrogens with two attached hydrogens (primary N) is 1. The normalized spacial score (nSPS) is 14.1. The molecule has 0 saturated carbocycles. The smallest absolute Gasteiger partial charge is 0.142 e. The summed E-state index contributed by atoms with van der Waals surface area (Å²) in [5.41, 5.74) is 12.7. The van der Waals surface area contributed by atoms with Crippen LogP contribution in [0.4, 0.5) is 5.82 Å². The second kappa shape index (κ2) is 6.57. The molecule has 2 N–H and O–H groups in total. The van der Waals surface area contributed by atoms with Crippen molar-refractivity contribution in [1.82, 2.24) is 9.55 Å². The van der Waals surface area contributed by atoms with Crippen LogP contribution in [-0.4, -0.2) is 9.55 Å². The van der Waals surface area contributed by atoms with Crippen LogP contribution in [0.15, 0.2) is 54.2 Å². The van der Waals surface area contributed by atoms with E-state index in [0.717, 1.165) is 33.7 Å². The number of para-hydroxylation sites is 1. The predicted octanol–water partition coefficient (Wildman–Crippen LogP) is 4.49. The fourth-order valence-electron chi connectivity index (χ4n) is 3.68. The number of nitrogens with zero attached hydrogens (tertiary/aromatic N) is 4. The van der Waals surface area contributed by atoms with Gasteiger partial charge in [0.05, 0.1) is 16.8 Å². The molecule has 0 unspecified atom stereocenters. The van der Waals surface area contributed by atoms with Gasteiger partial charge in [-0.25, -0.2) is 4.98 Å². The summed E-state index contributed by atoms with van der Waals surface area (Å²) in [7, 11) is 0. The Hall–Kier alpha value is -4.09. The van der Waals surface area contributed by atoms with Crippen LogP contribution in [0.3, 0.4) is 0 Å². The molecule has 0 saturated heterocycles. The summed E-state index contributed by atoms with van der Waals surface area (Å²) in [6.07, 6.45) is 4.04. The van der Waals surface area contributed by atoms with Crippen LogP contribution in [-0.2, 0) is 0 Å². The minimum atomic E-state index is 0.160. The van der Waals surface area contributed by atoms with Crippen molar-refractivity contribution in [2.24, 2.45) is 0 Å². The van der Waals surface area contributed by atoms with E-state index in [-0.39, 0.29) is 5.82 Å². The van der Waals surface area contributed by atoms with Crippen molar-refractivity contribution in [1.29, 1.82) is 10.5 Å². The molecular formula is C23H17N5. The zero-order valence-electron chi connectivity index (χ0n) is 15.6. The fourth-order valence-corrected chi connectivity index (χ4v) is 3.68. The third-order valence-corrected chi connectivity index (χ3v) is 5.09. The number of hydrogen-bond acceptors (Lipinski definition) is 4. The van der Waals surface area contributed by atoms with E-state index in [1.54, 1.807) is 0 Å². The summed E-state index contributed by atoms with van der Waals surface area (Å²) in [5.74, 6) is 0.160. The van der Waals surface area contributed by atoms with Gasteiger partial charge in [-0.2, -0.15) is 10.5 Å². The lowest BCUT2D eigenvalue weighted by atomic mass is 9.96. The van der Waals surface area contributed by atoms with Crippen molar-refractivity contribution in [2.75, 3.05) is 5.73 Å². The number of allylic oxidation sites excluding steroid dienone is 3. The van der Waals surface area contributed by atoms with E-state index in [1.807, 2.05) is 68.6 Å². The second-order valence-electron chi connectivity index (χ2n) is 6.64. The van der Waals surface area contributed by atoms with Gasteiger partial charge in [0.15, 0.2) is 0 Å². The highest BCUT2D eigenvalue weighted by Crippen LogP contribution is 2.44. The summed E-state index contributed by atoms with van der Waals surface area (Å²) in [6, 6.07) is 18.4. The van der Waals surface area contributed by atoms with E-state index in [9.17, 15) is 10.5 Å². The Balaban J connectivity index is 1.97. The monoisotopic (exact) mass is 363 g/mol. The zero-order chi connectivity index (χ0) is 19.8. The lowest BCUT2D eigenvalue weighted by molar-refractivity contribution is 1.06. The Morgan fingerprint density at radius 3 is 2.46 bits per heavy atom. The molecule has 2 aromatic heterocycles. The van der Waals surface area contributed by atoms with Gasteiger partial charge in [-0.3, -0.25) is 0 Å². The first-order valence-electron chi connectivity index (χ1n) is 8.83. The minimum absolute atomic E-state index is 0.160. The van der Waals surface area contributed by atoms with E-state index >= 15 is 0 Å². The van der Waals surface area contributed by atoms with Crippen molar-refractivity contribution < 1.29 is 0 Å². The van der Waals surface area contributed by atoms with Crippen molar-refractivity contribution in [3.8, 4) is 17.8 Å². The van der Waals surface area contributed by atoms with Gasteiger partial charge in [0, 0.05) is 23.1 Å². The zero-order valence-corrected chi connectivity index (χ0v) is 15.6. The van der Waals surface area contributed by atoms with Gasteiger partial charge in [-0.05, 0) is 60.9 Å². The highest BCUT2D eigenvalue weighted by molar-refractivity contribution is 6.08. The van der Waals surface area contributed by atoms with E-state index in [2.05, 4.69) is 21.7 Å². The number of nitrogen functional groups attached to an aromatic ring is 1. The van der Waals surface area contributed by atoms with E-state index in [4.69, 9.17) is 5.73 Å². The maximum Gasteiger partial charge on any atom is 0.142 e. The number of benzene rings is 1. The van der Waals surface area contributed by atoms with Gasteiger partial charge >= 0.3 is 0 Å². The largest absolute Gasteiger partial charge is 0.383 e. The number of rotatable bonds is 2. The molecular weight excluding hydrogens is 346 g/mol. The molecule has 0 amide bonds. The Bertz CT molecular complexity index is 1240. The molecule has 5 heteroatoms. The Kier molecular flexibility index (Phi) is 4.07. The van der Waals surface area contributed by atoms with Gasteiger partial charge < -0.3 is 10.3 Å². The van der Waals surface area contributed by atoms with Crippen LogP contribution in [0.25, 0.3) is 22.9 Å². The first-order chi connectivity index (χ1) is 13.6. The predicted molar refractivity (Wildman–Crippen MR) is 110 cm³/mol. The molecule has 134 valence electrons. The topological polar surface area (TPSA) is 91.4 Å². The number of pyridine rings is 1. The van der Waals surface area contributed by atoms with Gasteiger partial charge in [-0.15, -0.1) is 0 Å². The molecule has 1 aromatic carbocycles. The number of anilines is 1. The molecule has 4 rings (SSSR count). The van der Waals surface area contributed by atoms with Gasteiger partial charge in [0.2, 0.25) is 0 Å². The first-order valence-corrected chi connectivity index (χ1v) is 8.83. The number of fused-ring (bicyclic) bond motifs is 1. The maximum atomic E-state index is 9.68. The van der Waals surface area contributed by atoms with Gasteiger partial charge in [0.1, 0.15) is 18.0 Å². The van der Waals surface area contributed by atoms with Crippen molar-refractivity contribution in [3.05, 3.63) is 82.3 Å². The Morgan fingerprint density at radius 1 is 1.04 bits per heavy atom. The molecule has 3 aromatic rings.